The first-order valence-corrected chi connectivity index (χ1v) is 10.6. The minimum atomic E-state index is -0.981. The number of amides is 1. The van der Waals surface area contributed by atoms with E-state index in [0.29, 0.717) is 42.1 Å². The summed E-state index contributed by atoms with van der Waals surface area (Å²) < 4.78 is 25.0. The minimum absolute atomic E-state index is 0.178. The zero-order valence-corrected chi connectivity index (χ0v) is 17.8. The number of aromatic nitrogens is 2. The van der Waals surface area contributed by atoms with Gasteiger partial charge in [0.15, 0.2) is 0 Å². The predicted molar refractivity (Wildman–Crippen MR) is 114 cm³/mol. The van der Waals surface area contributed by atoms with Gasteiger partial charge in [0.2, 0.25) is 0 Å². The summed E-state index contributed by atoms with van der Waals surface area (Å²) >= 11 is 0. The van der Waals surface area contributed by atoms with Gasteiger partial charge in [0.1, 0.15) is 23.0 Å². The van der Waals surface area contributed by atoms with E-state index in [1.54, 1.807) is 60.5 Å². The Morgan fingerprint density at radius 3 is 2.78 bits per heavy atom. The molecule has 0 radical (unpaired) electrons. The van der Waals surface area contributed by atoms with Crippen molar-refractivity contribution in [2.75, 3.05) is 19.7 Å². The number of hydrogen-bond acceptors (Lipinski definition) is 6. The second kappa shape index (κ2) is 9.30. The highest BCUT2D eigenvalue weighted by molar-refractivity contribution is 5.93. The number of halogens is 1. The number of likely N-dealkylation sites (tertiary alicyclic amines) is 1. The number of carbonyl (C=O) groups is 2. The van der Waals surface area contributed by atoms with Crippen molar-refractivity contribution in [1.82, 2.24) is 15.0 Å². The SMILES string of the molecule is CCOC(=O)C1(Cc2cc(-c3ccccc3F)no2)CCCN(C(=O)c2ccccn2)C1. The maximum absolute atomic E-state index is 14.1. The molecule has 1 aromatic carbocycles. The monoisotopic (exact) mass is 437 g/mol. The van der Waals surface area contributed by atoms with Crippen LogP contribution in [-0.2, 0) is 16.0 Å². The van der Waals surface area contributed by atoms with Crippen LogP contribution in [0.5, 0.6) is 0 Å². The van der Waals surface area contributed by atoms with E-state index in [9.17, 15) is 14.0 Å². The Morgan fingerprint density at radius 2 is 2.03 bits per heavy atom. The van der Waals surface area contributed by atoms with Crippen LogP contribution in [0.4, 0.5) is 4.39 Å². The standard InChI is InChI=1S/C24H24FN3O4/c1-2-31-23(30)24(11-7-13-28(16-24)22(29)20-10-5-6-12-26-20)15-17-14-21(27-32-17)18-8-3-4-9-19(18)25/h3-6,8-10,12,14H,2,7,11,13,15-16H2,1H3. The van der Waals surface area contributed by atoms with Gasteiger partial charge in [-0.15, -0.1) is 0 Å². The van der Waals surface area contributed by atoms with Gasteiger partial charge in [-0.3, -0.25) is 14.6 Å². The van der Waals surface area contributed by atoms with Crippen LogP contribution in [0.15, 0.2) is 59.3 Å². The van der Waals surface area contributed by atoms with Crippen molar-refractivity contribution in [2.45, 2.75) is 26.2 Å². The summed E-state index contributed by atoms with van der Waals surface area (Å²) in [6.07, 6.45) is 2.92. The molecule has 1 aliphatic heterocycles. The lowest BCUT2D eigenvalue weighted by molar-refractivity contribution is -0.158. The van der Waals surface area contributed by atoms with Gasteiger partial charge in [0.05, 0.1) is 12.0 Å². The smallest absolute Gasteiger partial charge is 0.314 e. The van der Waals surface area contributed by atoms with Crippen molar-refractivity contribution >= 4 is 11.9 Å². The fourth-order valence-electron chi connectivity index (χ4n) is 4.15. The van der Waals surface area contributed by atoms with E-state index in [2.05, 4.69) is 10.1 Å². The average Bonchev–Trinajstić information content (AvgIpc) is 3.27. The quantitative estimate of drug-likeness (QED) is 0.544. The number of hydrogen-bond donors (Lipinski definition) is 0. The molecule has 4 rings (SSSR count). The third-order valence-electron chi connectivity index (χ3n) is 5.68. The van der Waals surface area contributed by atoms with Gasteiger partial charge < -0.3 is 14.2 Å². The van der Waals surface area contributed by atoms with Crippen LogP contribution in [0, 0.1) is 11.2 Å². The molecule has 0 aliphatic carbocycles. The molecule has 0 saturated carbocycles. The molecule has 7 nitrogen and oxygen atoms in total. The lowest BCUT2D eigenvalue weighted by Gasteiger charge is -2.40. The van der Waals surface area contributed by atoms with E-state index in [0.717, 1.165) is 0 Å². The van der Waals surface area contributed by atoms with Gasteiger partial charge in [-0.1, -0.05) is 23.4 Å². The minimum Gasteiger partial charge on any atom is -0.466 e. The number of ether oxygens (including phenoxy) is 1. The molecule has 2 aromatic heterocycles. The lowest BCUT2D eigenvalue weighted by atomic mass is 9.76. The summed E-state index contributed by atoms with van der Waals surface area (Å²) in [7, 11) is 0. The summed E-state index contributed by atoms with van der Waals surface area (Å²) in [4.78, 5) is 31.8. The number of esters is 1. The predicted octanol–water partition coefficient (Wildman–Crippen LogP) is 3.90. The number of rotatable bonds is 6. The highest BCUT2D eigenvalue weighted by Gasteiger charge is 2.46. The molecular formula is C24H24FN3O4. The van der Waals surface area contributed by atoms with Crippen LogP contribution >= 0.6 is 0 Å². The van der Waals surface area contributed by atoms with Crippen molar-refractivity contribution in [2.24, 2.45) is 5.41 Å². The van der Waals surface area contributed by atoms with Crippen LogP contribution in [0.1, 0.15) is 36.0 Å². The molecule has 8 heteroatoms. The first-order valence-electron chi connectivity index (χ1n) is 10.6. The Kier molecular flexibility index (Phi) is 6.30. The first kappa shape index (κ1) is 21.7. The van der Waals surface area contributed by atoms with E-state index in [1.807, 2.05) is 0 Å². The summed E-state index contributed by atoms with van der Waals surface area (Å²) in [5.41, 5.74) is 0.0244. The van der Waals surface area contributed by atoms with Crippen molar-refractivity contribution in [3.63, 3.8) is 0 Å². The van der Waals surface area contributed by atoms with Gasteiger partial charge in [0.25, 0.3) is 5.91 Å². The summed E-state index contributed by atoms with van der Waals surface area (Å²) in [5.74, 6) is -0.591. The fourth-order valence-corrected chi connectivity index (χ4v) is 4.15. The maximum atomic E-state index is 14.1. The Morgan fingerprint density at radius 1 is 1.22 bits per heavy atom. The molecular weight excluding hydrogens is 413 g/mol. The Balaban J connectivity index is 1.60. The van der Waals surface area contributed by atoms with Gasteiger partial charge in [0, 0.05) is 37.3 Å². The van der Waals surface area contributed by atoms with Gasteiger partial charge in [-0.05, 0) is 44.0 Å². The zero-order chi connectivity index (χ0) is 22.6. The molecule has 1 aliphatic rings. The van der Waals surface area contributed by atoms with Gasteiger partial charge in [-0.2, -0.15) is 0 Å². The summed E-state index contributed by atoms with van der Waals surface area (Å²) in [6, 6.07) is 13.1. The second-order valence-corrected chi connectivity index (χ2v) is 7.88. The lowest BCUT2D eigenvalue weighted by Crippen LogP contribution is -2.51. The molecule has 1 fully saturated rings. The molecule has 1 amide bonds. The van der Waals surface area contributed by atoms with E-state index in [1.165, 1.54) is 6.07 Å². The number of nitrogens with zero attached hydrogens (tertiary/aromatic N) is 3. The third kappa shape index (κ3) is 4.39. The normalized spacial score (nSPS) is 18.4. The van der Waals surface area contributed by atoms with E-state index < -0.39 is 11.2 Å². The largest absolute Gasteiger partial charge is 0.466 e. The molecule has 1 saturated heterocycles. The molecule has 1 atom stereocenters. The summed E-state index contributed by atoms with van der Waals surface area (Å²) in [5, 5.41) is 3.99. The van der Waals surface area contributed by atoms with E-state index in [-0.39, 0.29) is 31.4 Å². The highest BCUT2D eigenvalue weighted by Crippen LogP contribution is 2.37. The Labute approximate surface area is 185 Å². The molecule has 1 unspecified atom stereocenters. The molecule has 0 spiro atoms. The van der Waals surface area contributed by atoms with Crippen LogP contribution in [-0.4, -0.2) is 46.6 Å². The second-order valence-electron chi connectivity index (χ2n) is 7.88. The van der Waals surface area contributed by atoms with E-state index >= 15 is 0 Å². The van der Waals surface area contributed by atoms with Crippen LogP contribution < -0.4 is 0 Å². The van der Waals surface area contributed by atoms with Crippen LogP contribution in [0.25, 0.3) is 11.3 Å². The number of piperidine rings is 1. The van der Waals surface area contributed by atoms with Crippen molar-refractivity contribution in [3.05, 3.63) is 72.0 Å². The molecule has 3 aromatic rings. The van der Waals surface area contributed by atoms with Gasteiger partial charge >= 0.3 is 5.97 Å². The van der Waals surface area contributed by atoms with Crippen molar-refractivity contribution in [1.29, 1.82) is 0 Å². The van der Waals surface area contributed by atoms with E-state index in [4.69, 9.17) is 9.26 Å². The molecule has 166 valence electrons. The Hall–Kier alpha value is -3.55. The average molecular weight is 437 g/mol. The molecule has 3 heterocycles. The third-order valence-corrected chi connectivity index (χ3v) is 5.68. The van der Waals surface area contributed by atoms with Crippen LogP contribution in [0.3, 0.4) is 0 Å². The number of carbonyl (C=O) groups excluding carboxylic acids is 2. The molecule has 32 heavy (non-hydrogen) atoms. The van der Waals surface area contributed by atoms with Crippen LogP contribution in [0.2, 0.25) is 0 Å². The molecule has 0 bridgehead atoms. The molecule has 0 N–H and O–H groups in total. The summed E-state index contributed by atoms with van der Waals surface area (Å²) in [6.45, 7) is 2.67. The topological polar surface area (TPSA) is 85.5 Å². The first-order chi connectivity index (χ1) is 15.5. The van der Waals surface area contributed by atoms with Crippen molar-refractivity contribution in [3.8, 4) is 11.3 Å². The maximum Gasteiger partial charge on any atom is 0.314 e. The highest BCUT2D eigenvalue weighted by atomic mass is 19.1. The fraction of sp³-hybridized carbons (Fsp3) is 0.333. The van der Waals surface area contributed by atoms with Gasteiger partial charge in [-0.25, -0.2) is 4.39 Å². The number of pyridine rings is 1. The Bertz CT molecular complexity index is 1100. The zero-order valence-electron chi connectivity index (χ0n) is 17.8. The van der Waals surface area contributed by atoms with Crippen molar-refractivity contribution < 1.29 is 23.2 Å². The number of benzene rings is 1.